The molecule has 0 heterocycles. The smallest absolute Gasteiger partial charge is 0.419 e. The molecule has 21 heavy (non-hydrogen) atoms. The van der Waals surface area contributed by atoms with Gasteiger partial charge in [-0.3, -0.25) is 9.59 Å². The van der Waals surface area contributed by atoms with Gasteiger partial charge in [0.25, 0.3) is 0 Å². The Morgan fingerprint density at radius 1 is 1.29 bits per heavy atom. The number of hydrogen-bond acceptors (Lipinski definition) is 4. The largest absolute Gasteiger partial charge is 0.493 e. The van der Waals surface area contributed by atoms with Gasteiger partial charge in [0.15, 0.2) is 0 Å². The maximum absolute atomic E-state index is 12.9. The fourth-order valence-corrected chi connectivity index (χ4v) is 1.53. The lowest BCUT2D eigenvalue weighted by atomic mass is 10.1. The van der Waals surface area contributed by atoms with Crippen molar-refractivity contribution in [2.45, 2.75) is 19.0 Å². The van der Waals surface area contributed by atoms with Crippen LogP contribution in [0.5, 0.6) is 5.75 Å². The van der Waals surface area contributed by atoms with Gasteiger partial charge in [0, 0.05) is 12.0 Å². The Kier molecular flexibility index (Phi) is 5.57. The lowest BCUT2D eigenvalue weighted by molar-refractivity contribution is -0.141. The predicted molar refractivity (Wildman–Crippen MR) is 66.7 cm³/mol. The Hall–Kier alpha value is -2.25. The van der Waals surface area contributed by atoms with Crippen LogP contribution in [0.2, 0.25) is 0 Å². The highest BCUT2D eigenvalue weighted by Crippen LogP contribution is 2.36. The van der Waals surface area contributed by atoms with E-state index in [1.54, 1.807) is 0 Å². The van der Waals surface area contributed by atoms with Gasteiger partial charge in [0.05, 0.1) is 19.3 Å². The molecule has 0 saturated heterocycles. The molecule has 5 nitrogen and oxygen atoms in total. The Labute approximate surface area is 118 Å². The average Bonchev–Trinajstić information content (AvgIpc) is 2.42. The van der Waals surface area contributed by atoms with Crippen molar-refractivity contribution in [2.75, 3.05) is 13.7 Å². The van der Waals surface area contributed by atoms with Crippen LogP contribution < -0.4 is 10.5 Å². The van der Waals surface area contributed by atoms with Crippen LogP contribution in [0.4, 0.5) is 13.2 Å². The Balaban J connectivity index is 2.82. The van der Waals surface area contributed by atoms with Crippen LogP contribution in [0.25, 0.3) is 0 Å². The van der Waals surface area contributed by atoms with Crippen LogP contribution in [0.15, 0.2) is 18.2 Å². The van der Waals surface area contributed by atoms with Crippen LogP contribution in [0.3, 0.4) is 0 Å². The van der Waals surface area contributed by atoms with Gasteiger partial charge < -0.3 is 15.2 Å². The number of ether oxygens (including phenoxy) is 2. The van der Waals surface area contributed by atoms with Gasteiger partial charge in [-0.15, -0.1) is 0 Å². The number of amides is 1. The SMILES string of the molecule is COC(=O)CCCOc1ccc(C(N)=O)cc1C(F)(F)F. The first-order valence-electron chi connectivity index (χ1n) is 5.96. The molecule has 2 N–H and O–H groups in total. The van der Waals surface area contributed by atoms with Gasteiger partial charge in [0.1, 0.15) is 5.75 Å². The summed E-state index contributed by atoms with van der Waals surface area (Å²) in [5.41, 5.74) is 3.60. The van der Waals surface area contributed by atoms with Gasteiger partial charge in [0.2, 0.25) is 5.91 Å². The summed E-state index contributed by atoms with van der Waals surface area (Å²) in [5, 5.41) is 0. The normalized spacial score (nSPS) is 11.0. The number of carbonyl (C=O) groups is 2. The Bertz CT molecular complexity index is 529. The molecular weight excluding hydrogens is 291 g/mol. The number of benzene rings is 1. The monoisotopic (exact) mass is 305 g/mol. The van der Waals surface area contributed by atoms with Crippen LogP contribution >= 0.6 is 0 Å². The molecular formula is C13H14F3NO4. The minimum Gasteiger partial charge on any atom is -0.493 e. The van der Waals surface area contributed by atoms with E-state index in [0.29, 0.717) is 6.07 Å². The molecule has 8 heteroatoms. The van der Waals surface area contributed by atoms with Crippen molar-refractivity contribution in [1.82, 2.24) is 0 Å². The van der Waals surface area contributed by atoms with Crippen molar-refractivity contribution >= 4 is 11.9 Å². The van der Waals surface area contributed by atoms with Gasteiger partial charge in [-0.1, -0.05) is 0 Å². The molecule has 1 amide bonds. The zero-order chi connectivity index (χ0) is 16.0. The first-order valence-corrected chi connectivity index (χ1v) is 5.96. The fourth-order valence-electron chi connectivity index (χ4n) is 1.53. The molecule has 0 bridgehead atoms. The molecule has 0 spiro atoms. The second kappa shape index (κ2) is 6.96. The zero-order valence-corrected chi connectivity index (χ0v) is 11.2. The van der Waals surface area contributed by atoms with Gasteiger partial charge in [-0.05, 0) is 24.6 Å². The quantitative estimate of drug-likeness (QED) is 0.645. The number of esters is 1. The molecule has 0 aliphatic heterocycles. The summed E-state index contributed by atoms with van der Waals surface area (Å²) in [6.07, 6.45) is -4.43. The lowest BCUT2D eigenvalue weighted by Gasteiger charge is -2.14. The molecule has 0 radical (unpaired) electrons. The summed E-state index contributed by atoms with van der Waals surface area (Å²) < 4.78 is 48.0. The van der Waals surface area contributed by atoms with Crippen LogP contribution in [-0.2, 0) is 15.7 Å². The zero-order valence-electron chi connectivity index (χ0n) is 11.2. The third kappa shape index (κ3) is 4.97. The van der Waals surface area contributed by atoms with Crippen molar-refractivity contribution in [1.29, 1.82) is 0 Å². The predicted octanol–water partition coefficient (Wildman–Crippen LogP) is 2.14. The van der Waals surface area contributed by atoms with E-state index in [0.717, 1.165) is 12.1 Å². The van der Waals surface area contributed by atoms with E-state index in [1.165, 1.54) is 7.11 Å². The number of halogens is 3. The maximum Gasteiger partial charge on any atom is 0.419 e. The first kappa shape index (κ1) is 16.8. The van der Waals surface area contributed by atoms with Crippen molar-refractivity contribution in [3.05, 3.63) is 29.3 Å². The molecule has 0 aromatic heterocycles. The number of carbonyl (C=O) groups excluding carboxylic acids is 2. The number of primary amides is 1. The number of alkyl halides is 3. The summed E-state index contributed by atoms with van der Waals surface area (Å²) in [7, 11) is 1.22. The van der Waals surface area contributed by atoms with Gasteiger partial charge in [-0.25, -0.2) is 0 Å². The third-order valence-electron chi connectivity index (χ3n) is 2.58. The number of methoxy groups -OCH3 is 1. The second-order valence-electron chi connectivity index (χ2n) is 4.10. The van der Waals surface area contributed by atoms with E-state index in [1.807, 2.05) is 0 Å². The van der Waals surface area contributed by atoms with E-state index in [4.69, 9.17) is 10.5 Å². The van der Waals surface area contributed by atoms with E-state index in [-0.39, 0.29) is 25.0 Å². The second-order valence-corrected chi connectivity index (χ2v) is 4.10. The minimum absolute atomic E-state index is 0.0389. The van der Waals surface area contributed by atoms with Crippen LogP contribution in [0, 0.1) is 0 Å². The highest BCUT2D eigenvalue weighted by Gasteiger charge is 2.35. The molecule has 0 aliphatic rings. The van der Waals surface area contributed by atoms with E-state index in [9.17, 15) is 22.8 Å². The first-order chi connectivity index (χ1) is 9.75. The molecule has 116 valence electrons. The van der Waals surface area contributed by atoms with Crippen molar-refractivity contribution in [2.24, 2.45) is 5.73 Å². The van der Waals surface area contributed by atoms with E-state index in [2.05, 4.69) is 4.74 Å². The third-order valence-corrected chi connectivity index (χ3v) is 2.58. The van der Waals surface area contributed by atoms with Crippen molar-refractivity contribution in [3.8, 4) is 5.75 Å². The van der Waals surface area contributed by atoms with Crippen LogP contribution in [0.1, 0.15) is 28.8 Å². The summed E-state index contributed by atoms with van der Waals surface area (Å²) in [5.74, 6) is -1.85. The Morgan fingerprint density at radius 2 is 1.95 bits per heavy atom. The standard InChI is InChI=1S/C13H14F3NO4/c1-20-11(18)3-2-6-21-10-5-4-8(12(17)19)7-9(10)13(14,15)16/h4-5,7H,2-3,6H2,1H3,(H2,17,19). The number of hydrogen-bond donors (Lipinski definition) is 1. The summed E-state index contributed by atoms with van der Waals surface area (Å²) in [6, 6.07) is 2.81. The lowest BCUT2D eigenvalue weighted by Crippen LogP contribution is -2.15. The molecule has 0 aliphatic carbocycles. The molecule has 1 aromatic rings. The summed E-state index contributed by atoms with van der Waals surface area (Å²) >= 11 is 0. The van der Waals surface area contributed by atoms with Gasteiger partial charge in [-0.2, -0.15) is 13.2 Å². The Morgan fingerprint density at radius 3 is 2.48 bits per heavy atom. The average molecular weight is 305 g/mol. The number of nitrogens with two attached hydrogens (primary N) is 1. The van der Waals surface area contributed by atoms with Crippen molar-refractivity contribution in [3.63, 3.8) is 0 Å². The maximum atomic E-state index is 12.9. The minimum atomic E-state index is -4.68. The molecule has 1 aromatic carbocycles. The summed E-state index contributed by atoms with van der Waals surface area (Å²) in [4.78, 5) is 21.8. The molecule has 1 rings (SSSR count). The highest BCUT2D eigenvalue weighted by molar-refractivity contribution is 5.93. The summed E-state index contributed by atoms with van der Waals surface area (Å²) in [6.45, 7) is -0.0892. The highest BCUT2D eigenvalue weighted by atomic mass is 19.4. The molecule has 0 saturated carbocycles. The van der Waals surface area contributed by atoms with Crippen molar-refractivity contribution < 1.29 is 32.2 Å². The number of rotatable bonds is 6. The molecule has 0 unspecified atom stereocenters. The van der Waals surface area contributed by atoms with E-state index < -0.39 is 29.4 Å². The molecule has 0 atom stereocenters. The topological polar surface area (TPSA) is 78.6 Å². The van der Waals surface area contributed by atoms with Gasteiger partial charge >= 0.3 is 12.1 Å². The van der Waals surface area contributed by atoms with E-state index >= 15 is 0 Å². The van der Waals surface area contributed by atoms with Crippen LogP contribution in [-0.4, -0.2) is 25.6 Å². The molecule has 0 fully saturated rings. The fraction of sp³-hybridized carbons (Fsp3) is 0.385.